The molecule has 1 aliphatic rings. The van der Waals surface area contributed by atoms with Crippen LogP contribution in [0.4, 0.5) is 5.00 Å². The Morgan fingerprint density at radius 1 is 1.71 bits per heavy atom. The summed E-state index contributed by atoms with van der Waals surface area (Å²) in [4.78, 5) is 2.12. The summed E-state index contributed by atoms with van der Waals surface area (Å²) in [5.74, 6) is 0. The third kappa shape index (κ3) is 2.71. The third-order valence-electron chi connectivity index (χ3n) is 2.86. The van der Waals surface area contributed by atoms with Gasteiger partial charge >= 0.3 is 0 Å². The van der Waals surface area contributed by atoms with Crippen molar-refractivity contribution in [2.45, 2.75) is 25.9 Å². The molecule has 17 heavy (non-hydrogen) atoms. The fourth-order valence-electron chi connectivity index (χ4n) is 1.96. The first-order chi connectivity index (χ1) is 8.26. The van der Waals surface area contributed by atoms with Crippen LogP contribution in [0.3, 0.4) is 0 Å². The van der Waals surface area contributed by atoms with Crippen LogP contribution >= 0.6 is 23.1 Å². The predicted octanol–water partition coefficient (Wildman–Crippen LogP) is 2.67. The van der Waals surface area contributed by atoms with Crippen molar-refractivity contribution >= 4 is 28.1 Å². The zero-order valence-electron chi connectivity index (χ0n) is 9.65. The highest BCUT2D eigenvalue weighted by Crippen LogP contribution is 2.31. The molecular weight excluding hydrogens is 258 g/mol. The van der Waals surface area contributed by atoms with Crippen LogP contribution in [0.2, 0.25) is 5.15 Å². The molecule has 4 nitrogen and oxygen atoms in total. The van der Waals surface area contributed by atoms with E-state index in [0.717, 1.165) is 37.5 Å². The van der Waals surface area contributed by atoms with E-state index in [2.05, 4.69) is 22.3 Å². The van der Waals surface area contributed by atoms with Crippen molar-refractivity contribution in [3.8, 4) is 6.07 Å². The van der Waals surface area contributed by atoms with Crippen molar-refractivity contribution in [1.29, 1.82) is 5.26 Å². The maximum Gasteiger partial charge on any atom is 0.162 e. The molecule has 0 aliphatic carbocycles. The Bertz CT molecular complexity index is 423. The number of halogens is 1. The van der Waals surface area contributed by atoms with Gasteiger partial charge in [-0.05, 0) is 31.3 Å². The molecule has 2 heterocycles. The van der Waals surface area contributed by atoms with Gasteiger partial charge in [0.05, 0.1) is 6.10 Å². The van der Waals surface area contributed by atoms with E-state index in [4.69, 9.17) is 21.6 Å². The van der Waals surface area contributed by atoms with E-state index < -0.39 is 0 Å². The zero-order chi connectivity index (χ0) is 12.3. The first-order valence-electron chi connectivity index (χ1n) is 5.68. The number of hydrogen-bond donors (Lipinski definition) is 0. The Kier molecular flexibility index (Phi) is 4.21. The molecule has 1 fully saturated rings. The lowest BCUT2D eigenvalue weighted by Gasteiger charge is -2.24. The fraction of sp³-hybridized carbons (Fsp3) is 0.636. The Balaban J connectivity index is 2.14. The minimum absolute atomic E-state index is 0.266. The van der Waals surface area contributed by atoms with Crippen molar-refractivity contribution in [3.05, 3.63) is 10.7 Å². The van der Waals surface area contributed by atoms with Crippen molar-refractivity contribution < 1.29 is 4.74 Å². The number of aromatic nitrogens is 1. The Morgan fingerprint density at radius 2 is 2.53 bits per heavy atom. The molecule has 6 heteroatoms. The summed E-state index contributed by atoms with van der Waals surface area (Å²) in [6.07, 6.45) is 2.48. The van der Waals surface area contributed by atoms with Crippen molar-refractivity contribution in [3.63, 3.8) is 0 Å². The highest BCUT2D eigenvalue weighted by atomic mass is 35.5. The van der Waals surface area contributed by atoms with Crippen molar-refractivity contribution in [2.24, 2.45) is 0 Å². The summed E-state index contributed by atoms with van der Waals surface area (Å²) < 4.78 is 9.65. The zero-order valence-corrected chi connectivity index (χ0v) is 11.2. The first-order valence-corrected chi connectivity index (χ1v) is 6.83. The van der Waals surface area contributed by atoms with E-state index in [1.54, 1.807) is 0 Å². The minimum atomic E-state index is 0.266. The fourth-order valence-corrected chi connectivity index (χ4v) is 3.06. The molecule has 1 atom stereocenters. The number of hydrogen-bond acceptors (Lipinski definition) is 5. The largest absolute Gasteiger partial charge is 0.376 e. The van der Waals surface area contributed by atoms with Crippen LogP contribution in [-0.4, -0.2) is 30.2 Å². The number of anilines is 1. The molecule has 92 valence electrons. The van der Waals surface area contributed by atoms with Gasteiger partial charge in [-0.1, -0.05) is 11.6 Å². The quantitative estimate of drug-likeness (QED) is 0.845. The van der Waals surface area contributed by atoms with E-state index in [-0.39, 0.29) is 6.10 Å². The highest BCUT2D eigenvalue weighted by Gasteiger charge is 2.22. The van der Waals surface area contributed by atoms with Gasteiger partial charge in [-0.25, -0.2) is 0 Å². The third-order valence-corrected chi connectivity index (χ3v) is 4.14. The molecule has 2 rings (SSSR count). The van der Waals surface area contributed by atoms with Crippen LogP contribution in [0.1, 0.15) is 25.3 Å². The standard InChI is InChI=1S/C11H14ClN3OS/c1-2-15(7-8-4-3-5-16-8)11-9(6-13)10(12)14-17-11/h8H,2-5,7H2,1H3. The van der Waals surface area contributed by atoms with Gasteiger partial charge in [-0.3, -0.25) is 0 Å². The van der Waals surface area contributed by atoms with Crippen LogP contribution < -0.4 is 4.90 Å². The second-order valence-corrected chi connectivity index (χ2v) is 5.05. The smallest absolute Gasteiger partial charge is 0.162 e. The molecule has 1 saturated heterocycles. The van der Waals surface area contributed by atoms with E-state index >= 15 is 0 Å². The molecule has 0 amide bonds. The molecule has 0 radical (unpaired) electrons. The number of nitriles is 1. The number of ether oxygens (including phenoxy) is 1. The Morgan fingerprint density at radius 3 is 3.12 bits per heavy atom. The van der Waals surface area contributed by atoms with Gasteiger partial charge in [0, 0.05) is 19.7 Å². The van der Waals surface area contributed by atoms with Gasteiger partial charge in [0.1, 0.15) is 16.6 Å². The lowest BCUT2D eigenvalue weighted by molar-refractivity contribution is 0.116. The van der Waals surface area contributed by atoms with Gasteiger partial charge in [-0.2, -0.15) is 9.64 Å². The maximum absolute atomic E-state index is 9.07. The van der Waals surface area contributed by atoms with Crippen LogP contribution in [0, 0.1) is 11.3 Å². The lowest BCUT2D eigenvalue weighted by Crippen LogP contribution is -2.31. The average molecular weight is 272 g/mol. The normalized spacial score (nSPS) is 19.2. The summed E-state index contributed by atoms with van der Waals surface area (Å²) in [5.41, 5.74) is 0.483. The van der Waals surface area contributed by atoms with Crippen molar-refractivity contribution in [1.82, 2.24) is 4.37 Å². The highest BCUT2D eigenvalue weighted by molar-refractivity contribution is 7.10. The Hall–Kier alpha value is -0.830. The summed E-state index contributed by atoms with van der Waals surface area (Å²) in [6.45, 7) is 4.54. The number of nitrogens with zero attached hydrogens (tertiary/aromatic N) is 3. The molecule has 0 spiro atoms. The summed E-state index contributed by atoms with van der Waals surface area (Å²) in [5, 5.41) is 10.2. The summed E-state index contributed by atoms with van der Waals surface area (Å²) in [7, 11) is 0. The van der Waals surface area contributed by atoms with Crippen LogP contribution in [0.5, 0.6) is 0 Å². The van der Waals surface area contributed by atoms with Crippen LogP contribution in [0.25, 0.3) is 0 Å². The molecule has 0 N–H and O–H groups in total. The molecule has 0 saturated carbocycles. The number of likely N-dealkylation sites (N-methyl/N-ethyl adjacent to an activating group) is 1. The van der Waals surface area contributed by atoms with E-state index in [1.165, 1.54) is 11.5 Å². The van der Waals surface area contributed by atoms with Gasteiger partial charge < -0.3 is 9.64 Å². The minimum Gasteiger partial charge on any atom is -0.376 e. The maximum atomic E-state index is 9.07. The van der Waals surface area contributed by atoms with E-state index in [1.807, 2.05) is 0 Å². The van der Waals surface area contributed by atoms with Gasteiger partial charge in [-0.15, -0.1) is 0 Å². The second kappa shape index (κ2) is 5.67. The summed E-state index contributed by atoms with van der Waals surface area (Å²) in [6, 6.07) is 2.12. The Labute approximate surface area is 110 Å². The number of rotatable bonds is 4. The first kappa shape index (κ1) is 12.6. The molecule has 1 aliphatic heterocycles. The molecule has 0 aromatic carbocycles. The van der Waals surface area contributed by atoms with Crippen LogP contribution in [-0.2, 0) is 4.74 Å². The molecule has 1 unspecified atom stereocenters. The monoisotopic (exact) mass is 271 g/mol. The summed E-state index contributed by atoms with van der Waals surface area (Å²) >= 11 is 7.16. The second-order valence-electron chi connectivity index (χ2n) is 3.94. The SMILES string of the molecule is CCN(CC1CCCO1)c1snc(Cl)c1C#N. The average Bonchev–Trinajstić information content (AvgIpc) is 2.95. The van der Waals surface area contributed by atoms with E-state index in [0.29, 0.717) is 10.7 Å². The molecule has 1 aromatic heterocycles. The van der Waals surface area contributed by atoms with Gasteiger partial charge in [0.25, 0.3) is 0 Å². The molecule has 1 aromatic rings. The van der Waals surface area contributed by atoms with Crippen molar-refractivity contribution in [2.75, 3.05) is 24.6 Å². The lowest BCUT2D eigenvalue weighted by atomic mass is 10.2. The predicted molar refractivity (Wildman–Crippen MR) is 68.7 cm³/mol. The topological polar surface area (TPSA) is 49.1 Å². The van der Waals surface area contributed by atoms with E-state index in [9.17, 15) is 0 Å². The van der Waals surface area contributed by atoms with Crippen LogP contribution in [0.15, 0.2) is 0 Å². The molecule has 0 bridgehead atoms. The molecular formula is C11H14ClN3OS. The van der Waals surface area contributed by atoms with Gasteiger partial charge in [0.15, 0.2) is 5.15 Å². The van der Waals surface area contributed by atoms with Gasteiger partial charge in [0.2, 0.25) is 0 Å².